The van der Waals surface area contributed by atoms with Gasteiger partial charge in [-0.2, -0.15) is 0 Å². The predicted molar refractivity (Wildman–Crippen MR) is 139 cm³/mol. The number of aromatic hydroxyl groups is 1. The Morgan fingerprint density at radius 1 is 0.974 bits per heavy atom. The molecule has 39 heavy (non-hydrogen) atoms. The number of nitrogens with zero attached hydrogens (tertiary/aromatic N) is 1. The van der Waals surface area contributed by atoms with Gasteiger partial charge in [0.25, 0.3) is 5.91 Å². The first-order valence-corrected chi connectivity index (χ1v) is 12.3. The number of halogens is 1. The molecule has 0 bridgehead atoms. The Morgan fingerprint density at radius 3 is 2.26 bits per heavy atom. The van der Waals surface area contributed by atoms with Gasteiger partial charge in [0.05, 0.1) is 39.2 Å². The number of nitrogens with two attached hydrogens (primary N) is 1. The fourth-order valence-corrected chi connectivity index (χ4v) is 4.58. The predicted octanol–water partition coefficient (Wildman–Crippen LogP) is 3.75. The minimum absolute atomic E-state index is 0.0291. The molecule has 0 aromatic heterocycles. The van der Waals surface area contributed by atoms with E-state index >= 15 is 0 Å². The van der Waals surface area contributed by atoms with Crippen LogP contribution in [0.1, 0.15) is 23.1 Å². The van der Waals surface area contributed by atoms with Crippen LogP contribution in [-0.2, 0) is 34.0 Å². The highest BCUT2D eigenvalue weighted by Crippen LogP contribution is 2.56. The van der Waals surface area contributed by atoms with Crippen LogP contribution in [0.5, 0.6) is 23.0 Å². The summed E-state index contributed by atoms with van der Waals surface area (Å²) < 4.78 is 29.9. The summed E-state index contributed by atoms with van der Waals surface area (Å²) in [5, 5.41) is 10.7. The third-order valence-corrected chi connectivity index (χ3v) is 7.00. The molecule has 3 aromatic rings. The molecule has 9 nitrogen and oxygen atoms in total. The first-order valence-electron chi connectivity index (χ1n) is 12.3. The van der Waals surface area contributed by atoms with Gasteiger partial charge < -0.3 is 25.1 Å². The molecule has 3 N–H and O–H groups in total. The summed E-state index contributed by atoms with van der Waals surface area (Å²) in [6, 6.07) is 16.3. The van der Waals surface area contributed by atoms with Crippen molar-refractivity contribution < 1.29 is 38.1 Å². The van der Waals surface area contributed by atoms with Gasteiger partial charge in [0, 0.05) is 11.6 Å². The maximum atomic E-state index is 13.9. The lowest BCUT2D eigenvalue weighted by Gasteiger charge is -2.25. The molecule has 1 saturated carbocycles. The third-order valence-electron chi connectivity index (χ3n) is 7.00. The van der Waals surface area contributed by atoms with E-state index in [0.717, 1.165) is 11.6 Å². The van der Waals surface area contributed by atoms with Crippen molar-refractivity contribution >= 4 is 11.8 Å². The van der Waals surface area contributed by atoms with E-state index in [9.17, 15) is 19.1 Å². The first-order chi connectivity index (χ1) is 18.7. The Bertz CT molecular complexity index is 1350. The van der Waals surface area contributed by atoms with Crippen LogP contribution >= 0.6 is 0 Å². The fraction of sp³-hybridized carbons (Fsp3) is 0.310. The molecular weight excluding hydrogens is 507 g/mol. The Labute approximate surface area is 225 Å². The number of hydrogen-bond acceptors (Lipinski definition) is 7. The quantitative estimate of drug-likeness (QED) is 0.337. The van der Waals surface area contributed by atoms with Crippen LogP contribution in [-0.4, -0.2) is 43.3 Å². The number of phenols is 1. The summed E-state index contributed by atoms with van der Waals surface area (Å²) in [5.41, 5.74) is 6.46. The summed E-state index contributed by atoms with van der Waals surface area (Å²) in [4.78, 5) is 32.3. The molecule has 1 unspecified atom stereocenters. The van der Waals surface area contributed by atoms with Gasteiger partial charge in [-0.05, 0) is 60.4 Å². The maximum absolute atomic E-state index is 13.9. The molecule has 10 heteroatoms. The minimum atomic E-state index is -1.20. The Kier molecular flexibility index (Phi) is 8.25. The third kappa shape index (κ3) is 6.06. The Balaban J connectivity index is 1.59. The lowest BCUT2D eigenvalue weighted by atomic mass is 9.92. The number of hydroxylamine groups is 2. The number of phenolic OH excluding ortho intramolecular Hbond substituents is 1. The van der Waals surface area contributed by atoms with Gasteiger partial charge >= 0.3 is 0 Å². The molecule has 0 heterocycles. The van der Waals surface area contributed by atoms with Gasteiger partial charge in [0.2, 0.25) is 5.91 Å². The first kappa shape index (κ1) is 27.7. The summed E-state index contributed by atoms with van der Waals surface area (Å²) >= 11 is 0. The Hall–Kier alpha value is -4.31. The number of benzene rings is 3. The number of carbonyl (C=O) groups excluding carboxylic acids is 2. The summed E-state index contributed by atoms with van der Waals surface area (Å²) in [7, 11) is 4.62. The highest BCUT2D eigenvalue weighted by Gasteiger charge is 2.63. The number of amides is 2. The van der Waals surface area contributed by atoms with E-state index in [1.54, 1.807) is 44.6 Å². The van der Waals surface area contributed by atoms with Crippen LogP contribution < -0.4 is 19.9 Å². The number of methoxy groups -OCH3 is 3. The molecule has 1 aliphatic carbocycles. The van der Waals surface area contributed by atoms with Crippen molar-refractivity contribution in [3.05, 3.63) is 83.2 Å². The number of hydrogen-bond donors (Lipinski definition) is 2. The molecule has 2 amide bonds. The van der Waals surface area contributed by atoms with E-state index in [1.165, 1.54) is 24.3 Å². The normalized spacial score (nSPS) is 17.8. The largest absolute Gasteiger partial charge is 0.505 e. The maximum Gasteiger partial charge on any atom is 0.250 e. The SMILES string of the molecule is COc1ccc(CON(Cc2ccc(OC)cc2OC)C(=O)C2C[C@]2(Cc2ccc(O)c(F)c2)C(N)=O)cc1. The molecule has 0 spiro atoms. The van der Waals surface area contributed by atoms with E-state index in [0.29, 0.717) is 28.4 Å². The Morgan fingerprint density at radius 2 is 1.64 bits per heavy atom. The van der Waals surface area contributed by atoms with Crippen LogP contribution in [0.2, 0.25) is 0 Å². The summed E-state index contributed by atoms with van der Waals surface area (Å²) in [5.74, 6) is -1.41. The van der Waals surface area contributed by atoms with Crippen LogP contribution in [0.3, 0.4) is 0 Å². The molecule has 206 valence electrons. The second kappa shape index (κ2) is 11.6. The smallest absolute Gasteiger partial charge is 0.250 e. The van der Waals surface area contributed by atoms with Crippen molar-refractivity contribution in [3.8, 4) is 23.0 Å². The molecular formula is C29H31FN2O7. The number of rotatable bonds is 12. The van der Waals surface area contributed by atoms with Crippen LogP contribution in [0.25, 0.3) is 0 Å². The zero-order valence-electron chi connectivity index (χ0n) is 22.0. The van der Waals surface area contributed by atoms with Crippen molar-refractivity contribution in [1.82, 2.24) is 5.06 Å². The molecule has 1 aliphatic rings. The van der Waals surface area contributed by atoms with Gasteiger partial charge in [0.15, 0.2) is 11.6 Å². The zero-order chi connectivity index (χ0) is 28.2. The molecule has 0 radical (unpaired) electrons. The van der Waals surface area contributed by atoms with E-state index in [2.05, 4.69) is 0 Å². The van der Waals surface area contributed by atoms with Crippen molar-refractivity contribution in [1.29, 1.82) is 0 Å². The lowest BCUT2D eigenvalue weighted by molar-refractivity contribution is -0.198. The number of carbonyl (C=O) groups is 2. The number of primary amides is 1. The second-order valence-electron chi connectivity index (χ2n) is 9.41. The molecule has 3 aromatic carbocycles. The van der Waals surface area contributed by atoms with Gasteiger partial charge in [-0.1, -0.05) is 18.2 Å². The zero-order valence-corrected chi connectivity index (χ0v) is 22.0. The average molecular weight is 539 g/mol. The highest BCUT2D eigenvalue weighted by atomic mass is 19.1. The summed E-state index contributed by atoms with van der Waals surface area (Å²) in [6.45, 7) is 0.106. The summed E-state index contributed by atoms with van der Waals surface area (Å²) in [6.07, 6.45) is 0.236. The van der Waals surface area contributed by atoms with Gasteiger partial charge in [-0.3, -0.25) is 14.4 Å². The standard InChI is InChI=1S/C29H31FN2O7/c1-36-21-8-4-18(5-9-21)17-39-32(16-20-7-10-22(37-2)13-26(20)38-3)27(34)23-15-29(23,28(31)35)14-19-6-11-25(33)24(30)12-19/h4-13,23,33H,14-17H2,1-3H3,(H2,31,35)/t23?,29-/m0/s1. The van der Waals surface area contributed by atoms with E-state index < -0.39 is 34.7 Å². The van der Waals surface area contributed by atoms with Crippen molar-refractivity contribution in [2.45, 2.75) is 26.0 Å². The monoisotopic (exact) mass is 538 g/mol. The van der Waals surface area contributed by atoms with Crippen LogP contribution in [0, 0.1) is 17.2 Å². The fourth-order valence-electron chi connectivity index (χ4n) is 4.58. The molecule has 2 atom stereocenters. The van der Waals surface area contributed by atoms with Crippen molar-refractivity contribution in [2.24, 2.45) is 17.1 Å². The van der Waals surface area contributed by atoms with E-state index in [4.69, 9.17) is 24.8 Å². The average Bonchev–Trinajstić information content (AvgIpc) is 3.68. The molecule has 1 fully saturated rings. The number of ether oxygens (including phenoxy) is 3. The van der Waals surface area contributed by atoms with Crippen molar-refractivity contribution in [2.75, 3.05) is 21.3 Å². The van der Waals surface area contributed by atoms with E-state index in [1.807, 2.05) is 12.1 Å². The van der Waals surface area contributed by atoms with Gasteiger partial charge in [0.1, 0.15) is 23.9 Å². The van der Waals surface area contributed by atoms with Crippen LogP contribution in [0.4, 0.5) is 4.39 Å². The molecule has 0 aliphatic heterocycles. The second-order valence-corrected chi connectivity index (χ2v) is 9.41. The minimum Gasteiger partial charge on any atom is -0.505 e. The van der Waals surface area contributed by atoms with E-state index in [-0.39, 0.29) is 26.0 Å². The van der Waals surface area contributed by atoms with Crippen molar-refractivity contribution in [3.63, 3.8) is 0 Å². The van der Waals surface area contributed by atoms with Gasteiger partial charge in [-0.25, -0.2) is 9.45 Å². The van der Waals surface area contributed by atoms with Crippen LogP contribution in [0.15, 0.2) is 60.7 Å². The molecule has 4 rings (SSSR count). The van der Waals surface area contributed by atoms with Gasteiger partial charge in [-0.15, -0.1) is 0 Å². The highest BCUT2D eigenvalue weighted by molar-refractivity contribution is 5.95. The lowest BCUT2D eigenvalue weighted by Crippen LogP contribution is -2.37. The molecule has 0 saturated heterocycles. The topological polar surface area (TPSA) is 121 Å².